The van der Waals surface area contributed by atoms with Crippen molar-refractivity contribution < 1.29 is 9.53 Å². The van der Waals surface area contributed by atoms with Gasteiger partial charge < -0.3 is 10.1 Å². The van der Waals surface area contributed by atoms with Gasteiger partial charge in [0.2, 0.25) is 5.95 Å². The molecule has 136 valence electrons. The normalized spacial score (nSPS) is 10.8. The molecular weight excluding hydrogens is 326 g/mol. The maximum absolute atomic E-state index is 12.2. The van der Waals surface area contributed by atoms with Crippen LogP contribution in [0.3, 0.4) is 0 Å². The number of nitrogens with one attached hydrogen (secondary N) is 2. The molecule has 25 heavy (non-hydrogen) atoms. The lowest BCUT2D eigenvalue weighted by Crippen LogP contribution is -2.29. The number of aryl methyl sites for hydroxylation is 1. The predicted octanol–water partition coefficient (Wildman–Crippen LogP) is 0.755. The molecule has 0 aliphatic heterocycles. The van der Waals surface area contributed by atoms with Crippen LogP contribution < -0.4 is 16.6 Å². The standard InChI is InChI=1S/C16H23N5O4/c1-4-6-7-9-25-11(22)10-21-12-13(18-15(21)17-8-5-2)20(3)16(24)19-14(12)23/h5H,2,4,6-10H2,1,3H3,(H,17,18)(H,19,23,24). The second-order valence-corrected chi connectivity index (χ2v) is 5.61. The first-order valence-electron chi connectivity index (χ1n) is 8.19. The van der Waals surface area contributed by atoms with E-state index in [1.165, 1.54) is 16.2 Å². The fraction of sp³-hybridized carbons (Fsp3) is 0.500. The SMILES string of the molecule is C=CCNc1nc2c(c(=O)[nH]c(=O)n2C)n1CC(=O)OCCCCC. The van der Waals surface area contributed by atoms with E-state index in [1.807, 2.05) is 0 Å². The molecule has 0 amide bonds. The van der Waals surface area contributed by atoms with Gasteiger partial charge in [-0.05, 0) is 6.42 Å². The van der Waals surface area contributed by atoms with Crippen LogP contribution >= 0.6 is 0 Å². The van der Waals surface area contributed by atoms with Crippen molar-refractivity contribution in [2.24, 2.45) is 7.05 Å². The number of imidazole rings is 1. The van der Waals surface area contributed by atoms with Crippen LogP contribution in [0.1, 0.15) is 26.2 Å². The third kappa shape index (κ3) is 4.17. The lowest BCUT2D eigenvalue weighted by atomic mass is 10.3. The van der Waals surface area contributed by atoms with Gasteiger partial charge in [-0.25, -0.2) is 4.79 Å². The Morgan fingerprint density at radius 1 is 1.40 bits per heavy atom. The van der Waals surface area contributed by atoms with Gasteiger partial charge in [0.15, 0.2) is 11.2 Å². The zero-order valence-electron chi connectivity index (χ0n) is 14.5. The van der Waals surface area contributed by atoms with E-state index in [-0.39, 0.29) is 17.7 Å². The van der Waals surface area contributed by atoms with Crippen molar-refractivity contribution in [1.82, 2.24) is 19.1 Å². The average molecular weight is 349 g/mol. The van der Waals surface area contributed by atoms with Crippen LogP contribution in [0.5, 0.6) is 0 Å². The van der Waals surface area contributed by atoms with Crippen LogP contribution in [-0.4, -0.2) is 38.2 Å². The molecular formula is C16H23N5O4. The summed E-state index contributed by atoms with van der Waals surface area (Å²) in [5.41, 5.74) is -0.839. The van der Waals surface area contributed by atoms with Gasteiger partial charge in [-0.2, -0.15) is 4.98 Å². The molecule has 9 heteroatoms. The smallest absolute Gasteiger partial charge is 0.329 e. The van der Waals surface area contributed by atoms with Gasteiger partial charge in [-0.3, -0.25) is 23.7 Å². The summed E-state index contributed by atoms with van der Waals surface area (Å²) in [6.07, 6.45) is 4.43. The monoisotopic (exact) mass is 349 g/mol. The Hall–Kier alpha value is -2.84. The number of hydrogen-bond acceptors (Lipinski definition) is 6. The second kappa shape index (κ2) is 8.32. The Labute approximate surface area is 144 Å². The highest BCUT2D eigenvalue weighted by Gasteiger charge is 2.19. The number of aromatic nitrogens is 4. The number of nitrogens with zero attached hydrogens (tertiary/aromatic N) is 3. The number of ether oxygens (including phenoxy) is 1. The van der Waals surface area contributed by atoms with E-state index in [0.29, 0.717) is 19.1 Å². The topological polar surface area (TPSA) is 111 Å². The molecule has 9 nitrogen and oxygen atoms in total. The number of carbonyl (C=O) groups is 1. The summed E-state index contributed by atoms with van der Waals surface area (Å²) < 4.78 is 7.84. The van der Waals surface area contributed by atoms with Crippen molar-refractivity contribution in [3.63, 3.8) is 0 Å². The fourth-order valence-electron chi connectivity index (χ4n) is 2.40. The number of rotatable bonds is 9. The van der Waals surface area contributed by atoms with Crippen LogP contribution in [0.25, 0.3) is 11.2 Å². The number of aromatic amines is 1. The number of anilines is 1. The molecule has 0 spiro atoms. The minimum Gasteiger partial charge on any atom is -0.464 e. The lowest BCUT2D eigenvalue weighted by Gasteiger charge is -2.09. The summed E-state index contributed by atoms with van der Waals surface area (Å²) in [5.74, 6) is -0.169. The van der Waals surface area contributed by atoms with E-state index >= 15 is 0 Å². The predicted molar refractivity (Wildman–Crippen MR) is 94.8 cm³/mol. The molecule has 2 heterocycles. The summed E-state index contributed by atoms with van der Waals surface area (Å²) in [4.78, 5) is 42.5. The fourth-order valence-corrected chi connectivity index (χ4v) is 2.40. The van der Waals surface area contributed by atoms with E-state index in [1.54, 1.807) is 6.08 Å². The van der Waals surface area contributed by atoms with E-state index in [0.717, 1.165) is 19.3 Å². The van der Waals surface area contributed by atoms with Crippen molar-refractivity contribution in [3.8, 4) is 0 Å². The van der Waals surface area contributed by atoms with Crippen molar-refractivity contribution in [1.29, 1.82) is 0 Å². The van der Waals surface area contributed by atoms with Gasteiger partial charge in [-0.15, -0.1) is 6.58 Å². The summed E-state index contributed by atoms with van der Waals surface area (Å²) in [7, 11) is 1.50. The van der Waals surface area contributed by atoms with Crippen LogP contribution in [-0.2, 0) is 23.1 Å². The number of esters is 1. The van der Waals surface area contributed by atoms with Crippen molar-refractivity contribution >= 4 is 23.1 Å². The van der Waals surface area contributed by atoms with Gasteiger partial charge in [0.1, 0.15) is 6.54 Å². The number of carbonyl (C=O) groups excluding carboxylic acids is 1. The third-order valence-corrected chi connectivity index (χ3v) is 3.71. The molecule has 0 bridgehead atoms. The van der Waals surface area contributed by atoms with Gasteiger partial charge in [-0.1, -0.05) is 25.8 Å². The number of fused-ring (bicyclic) bond motifs is 1. The first-order valence-corrected chi connectivity index (χ1v) is 8.19. The first kappa shape index (κ1) is 18.5. The Balaban J connectivity index is 2.36. The van der Waals surface area contributed by atoms with Gasteiger partial charge >= 0.3 is 11.7 Å². The molecule has 0 radical (unpaired) electrons. The molecule has 0 aromatic carbocycles. The van der Waals surface area contributed by atoms with E-state index in [4.69, 9.17) is 4.74 Å². The second-order valence-electron chi connectivity index (χ2n) is 5.61. The van der Waals surface area contributed by atoms with Gasteiger partial charge in [0.25, 0.3) is 5.56 Å². The van der Waals surface area contributed by atoms with E-state index < -0.39 is 17.2 Å². The van der Waals surface area contributed by atoms with Crippen LogP contribution in [0.4, 0.5) is 5.95 Å². The maximum atomic E-state index is 12.2. The highest BCUT2D eigenvalue weighted by molar-refractivity contribution is 5.78. The maximum Gasteiger partial charge on any atom is 0.329 e. The largest absolute Gasteiger partial charge is 0.464 e. The Morgan fingerprint density at radius 3 is 2.84 bits per heavy atom. The quantitative estimate of drug-likeness (QED) is 0.393. The summed E-state index contributed by atoms with van der Waals surface area (Å²) in [6, 6.07) is 0. The Kier molecular flexibility index (Phi) is 6.15. The van der Waals surface area contributed by atoms with E-state index in [2.05, 4.69) is 28.8 Å². The van der Waals surface area contributed by atoms with Crippen LogP contribution in [0.15, 0.2) is 22.2 Å². The van der Waals surface area contributed by atoms with Crippen LogP contribution in [0.2, 0.25) is 0 Å². The molecule has 2 aromatic heterocycles. The number of hydrogen-bond donors (Lipinski definition) is 2. The molecule has 0 saturated heterocycles. The van der Waals surface area contributed by atoms with Crippen molar-refractivity contribution in [2.45, 2.75) is 32.7 Å². The summed E-state index contributed by atoms with van der Waals surface area (Å²) in [6.45, 7) is 6.23. The molecule has 2 aromatic rings. The minimum atomic E-state index is -0.601. The zero-order chi connectivity index (χ0) is 18.4. The average Bonchev–Trinajstić information content (AvgIpc) is 2.94. The highest BCUT2D eigenvalue weighted by Crippen LogP contribution is 2.15. The molecule has 0 atom stereocenters. The number of unbranched alkanes of at least 4 members (excludes halogenated alkanes) is 2. The zero-order valence-corrected chi connectivity index (χ0v) is 14.5. The molecule has 0 saturated carbocycles. The molecule has 2 N–H and O–H groups in total. The molecule has 2 rings (SSSR count). The van der Waals surface area contributed by atoms with Gasteiger partial charge in [0, 0.05) is 13.6 Å². The first-order chi connectivity index (χ1) is 12.0. The summed E-state index contributed by atoms with van der Waals surface area (Å²) >= 11 is 0. The summed E-state index contributed by atoms with van der Waals surface area (Å²) in [5, 5.41) is 2.97. The van der Waals surface area contributed by atoms with Gasteiger partial charge in [0.05, 0.1) is 6.61 Å². The van der Waals surface area contributed by atoms with E-state index in [9.17, 15) is 14.4 Å². The third-order valence-electron chi connectivity index (χ3n) is 3.71. The lowest BCUT2D eigenvalue weighted by molar-refractivity contribution is -0.144. The Bertz CT molecular complexity index is 877. The molecule has 0 aliphatic rings. The highest BCUT2D eigenvalue weighted by atomic mass is 16.5. The minimum absolute atomic E-state index is 0.138. The molecule has 0 fully saturated rings. The number of H-pyrrole nitrogens is 1. The van der Waals surface area contributed by atoms with Crippen LogP contribution in [0, 0.1) is 0 Å². The van der Waals surface area contributed by atoms with Crippen molar-refractivity contribution in [3.05, 3.63) is 33.5 Å². The Morgan fingerprint density at radius 2 is 2.16 bits per heavy atom. The molecule has 0 aliphatic carbocycles. The van der Waals surface area contributed by atoms with Crippen molar-refractivity contribution in [2.75, 3.05) is 18.5 Å². The molecule has 0 unspecified atom stereocenters.